The third kappa shape index (κ3) is 20.5. The number of aliphatic hydroxyl groups is 6. The molecule has 3 unspecified atom stereocenters. The van der Waals surface area contributed by atoms with Gasteiger partial charge in [-0.1, -0.05) is 68.6 Å². The molecule has 0 aliphatic carbocycles. The van der Waals surface area contributed by atoms with Crippen LogP contribution in [0.5, 0.6) is 46.0 Å². The minimum atomic E-state index is -2.39. The van der Waals surface area contributed by atoms with Crippen LogP contribution in [0.1, 0.15) is 135 Å². The second-order valence-corrected chi connectivity index (χ2v) is 32.0. The van der Waals surface area contributed by atoms with Crippen LogP contribution in [0.3, 0.4) is 0 Å². The minimum Gasteiger partial charge on any atom is -0.508 e. The summed E-state index contributed by atoms with van der Waals surface area (Å²) < 4.78 is 40.6. The monoisotopic (exact) mass is 1760 g/mol. The first-order valence-electron chi connectivity index (χ1n) is 39.6. The van der Waals surface area contributed by atoms with Crippen LogP contribution < -0.4 is 78.8 Å². The average Bonchev–Trinajstić information content (AvgIpc) is 0.755. The predicted molar refractivity (Wildman–Crippen MR) is 439 cm³/mol. The summed E-state index contributed by atoms with van der Waals surface area (Å²) in [5.41, 5.74) is 1.80. The number of aromatic hydroxyl groups is 3. The number of anilines is 2. The number of phenolic OH excluding ortho intramolecular Hbond substituents is 3. The van der Waals surface area contributed by atoms with Crippen LogP contribution in [-0.4, -0.2) is 219 Å². The van der Waals surface area contributed by atoms with E-state index >= 15 is 14.4 Å². The van der Waals surface area contributed by atoms with Gasteiger partial charge in [0.15, 0.2) is 29.9 Å². The molecule has 662 valence electrons. The van der Waals surface area contributed by atoms with Gasteiger partial charge >= 0.3 is 11.7 Å². The third-order valence-corrected chi connectivity index (χ3v) is 22.3. The standard InChI is InChI=1S/C83H95Cl2N13O26/c1-7-8-20-88-42-14-9-37(10-15-42)73(109)91-58-19-22-98(82(118)92-58)23-21-89-83(5)33-59(119-36(4)72(83)108)123-71-69(107)68(106)56(34-99)122-81(71)124-70-54-28-41-29-55(70)121-53-18-13-40(27-47(53)85)67(105)65-79(115)95-63(80(116)117)45-30-43(100)31-51(102)60(45)44-25-38(11-16-50(44)101)61(76(112)97-65)94-77(113)62(41)93-75(111)49(32-57(86)103)90-78(114)64(96-74(110)48(87-6)24-35(2)3)66(104)39-12-17-52(120-54)46(84)26-39/h9-19,22,25-31,35-36,48-49,56,59,61-69,71-72,81,87-89,99-102,104-108H,7-8,20-21,23-24,32-34H2,1-6H3,(H2,86,103)(H,90,114)(H,93,111)(H,94,113)(H,95,115)(H,96,110)(H,97,112)(H,116,117)(H,91,92,109,118)/t36-,48+,49+,56+,59+,61+,62?,63-,64-,65-,66-,67-,68-,69-,71-,72+,81?,83?/m1/s1. The van der Waals surface area contributed by atoms with Crippen molar-refractivity contribution in [2.24, 2.45) is 11.7 Å². The summed E-state index contributed by atoms with van der Waals surface area (Å²) in [7, 11) is 1.47. The number of likely N-dealkylation sites (N-methyl/N-ethyl adjacent to an activating group) is 1. The third-order valence-electron chi connectivity index (χ3n) is 21.7. The van der Waals surface area contributed by atoms with Crippen molar-refractivity contribution in [3.05, 3.63) is 169 Å². The van der Waals surface area contributed by atoms with E-state index in [2.05, 4.69) is 65.1 Å². The molecule has 7 aromatic rings. The number of halogens is 2. The molecule has 7 aliphatic rings. The Balaban J connectivity index is 0.980. The molecular formula is C83H95Cl2N13O26. The largest absolute Gasteiger partial charge is 0.508 e. The van der Waals surface area contributed by atoms with Crippen molar-refractivity contribution in [3.8, 4) is 57.1 Å². The fourth-order valence-corrected chi connectivity index (χ4v) is 15.6. The van der Waals surface area contributed by atoms with E-state index in [0.717, 1.165) is 91.8 Å². The zero-order chi connectivity index (χ0) is 89.6. The molecule has 7 aliphatic heterocycles. The highest BCUT2D eigenvalue weighted by molar-refractivity contribution is 6.32. The highest BCUT2D eigenvalue weighted by Gasteiger charge is 2.52. The van der Waals surface area contributed by atoms with Crippen LogP contribution in [0.15, 0.2) is 120 Å². The Morgan fingerprint density at radius 2 is 1.36 bits per heavy atom. The lowest BCUT2D eigenvalue weighted by molar-refractivity contribution is -0.334. The van der Waals surface area contributed by atoms with E-state index < -0.39 is 254 Å². The lowest BCUT2D eigenvalue weighted by Crippen LogP contribution is -2.65. The van der Waals surface area contributed by atoms with Gasteiger partial charge < -0.3 is 138 Å². The van der Waals surface area contributed by atoms with E-state index in [-0.39, 0.29) is 60.1 Å². The number of benzene rings is 6. The SMILES string of the molecule is CCCCNc1ccc(C(=O)Nc2ccn(CCNC3(C)C[C@H](O[C@H]4C(Oc5c6cc7cc5Oc5ccc(cc5Cl)[C@@H](O)[C@H]5NC(=O)[C@@H](NC(=O)C7NC(=O)[C@H](CC(N)=O)NC(=O)[C@H](NC(=O)[C@H](CC(C)C)NC)[C@H](O)c7ccc(c(Cl)c7)O6)c6ccc(O)c(c6)-c6c(O)cc(O)cc6[C@H](C(=O)O)NC5=O)O[C@@H](CO)[C@@H](O)[C@H]4O)O[C@H](C)[C@@H]3O)c(=O)n2)cc1. The number of unbranched alkanes of at least 4 members (excludes halogenated alkanes) is 1. The number of nitrogens with zero attached hydrogens (tertiary/aromatic N) is 2. The van der Waals surface area contributed by atoms with Gasteiger partial charge in [-0.15, -0.1) is 0 Å². The number of phenols is 3. The molecule has 41 heteroatoms. The summed E-state index contributed by atoms with van der Waals surface area (Å²) in [5.74, 6) is -17.0. The van der Waals surface area contributed by atoms with Crippen LogP contribution in [0.2, 0.25) is 10.0 Å². The number of aliphatic hydroxyl groups excluding tert-OH is 6. The van der Waals surface area contributed by atoms with Crippen molar-refractivity contribution in [2.45, 2.75) is 183 Å². The molecule has 8 amide bonds. The molecule has 18 atom stereocenters. The van der Waals surface area contributed by atoms with Crippen molar-refractivity contribution in [1.82, 2.24) is 52.1 Å². The number of amides is 8. The van der Waals surface area contributed by atoms with E-state index in [0.29, 0.717) is 5.56 Å². The van der Waals surface area contributed by atoms with Crippen molar-refractivity contribution >= 4 is 87.9 Å². The number of primary amides is 1. The molecule has 0 radical (unpaired) electrons. The highest BCUT2D eigenvalue weighted by Crippen LogP contribution is 2.50. The summed E-state index contributed by atoms with van der Waals surface area (Å²) in [6.45, 7) is 8.46. The van der Waals surface area contributed by atoms with Crippen LogP contribution in [0.25, 0.3) is 11.1 Å². The van der Waals surface area contributed by atoms with E-state index in [1.165, 1.54) is 42.9 Å². The number of aromatic nitrogens is 2. The van der Waals surface area contributed by atoms with E-state index in [1.54, 1.807) is 31.2 Å². The Hall–Kier alpha value is -11.8. The molecule has 1 aromatic heterocycles. The molecule has 11 bridgehead atoms. The molecule has 2 saturated heterocycles. The van der Waals surface area contributed by atoms with Gasteiger partial charge in [-0.3, -0.25) is 42.9 Å². The van der Waals surface area contributed by atoms with Crippen molar-refractivity contribution in [3.63, 3.8) is 0 Å². The molecule has 8 heterocycles. The molecule has 124 heavy (non-hydrogen) atoms. The fourth-order valence-electron chi connectivity index (χ4n) is 15.1. The first-order valence-corrected chi connectivity index (χ1v) is 40.3. The number of aliphatic carboxylic acids is 1. The number of hydrogen-bond donors (Lipinski definition) is 21. The maximum absolute atomic E-state index is 16.2. The van der Waals surface area contributed by atoms with Crippen LogP contribution in [-0.2, 0) is 59.1 Å². The number of carbonyl (C=O) groups is 9. The summed E-state index contributed by atoms with van der Waals surface area (Å²) >= 11 is 14.3. The number of carbonyl (C=O) groups excluding carboxylic acids is 8. The Kier molecular flexibility index (Phi) is 28.7. The molecule has 14 rings (SSSR count). The van der Waals surface area contributed by atoms with Crippen molar-refractivity contribution < 1.29 is 123 Å². The predicted octanol–water partition coefficient (Wildman–Crippen LogP) is 2.46. The van der Waals surface area contributed by atoms with Crippen LogP contribution >= 0.6 is 23.2 Å². The topological polar surface area (TPSA) is 593 Å². The number of carboxylic acids is 1. The van der Waals surface area contributed by atoms with Gasteiger partial charge in [-0.25, -0.2) is 9.59 Å². The Morgan fingerprint density at radius 1 is 0.718 bits per heavy atom. The lowest BCUT2D eigenvalue weighted by atomic mass is 9.85. The summed E-state index contributed by atoms with van der Waals surface area (Å²) in [6.07, 6.45) is -16.1. The number of nitrogens with two attached hydrogens (primary N) is 1. The zero-order valence-electron chi connectivity index (χ0n) is 67.5. The second-order valence-electron chi connectivity index (χ2n) is 31.2. The van der Waals surface area contributed by atoms with E-state index in [9.17, 15) is 84.6 Å². The summed E-state index contributed by atoms with van der Waals surface area (Å²) in [6, 6.07) is 7.15. The first kappa shape index (κ1) is 91.4. The number of nitrogens with one attached hydrogen (secondary N) is 10. The van der Waals surface area contributed by atoms with E-state index in [4.69, 9.17) is 57.4 Å². The molecule has 2 fully saturated rings. The Bertz CT molecular complexity index is 5280. The summed E-state index contributed by atoms with van der Waals surface area (Å²) in [5, 5.41) is 142. The first-order chi connectivity index (χ1) is 58.9. The number of carboxylic acid groups (broad SMARTS) is 1. The highest BCUT2D eigenvalue weighted by atomic mass is 35.5. The zero-order valence-corrected chi connectivity index (χ0v) is 69.0. The van der Waals surface area contributed by atoms with Crippen molar-refractivity contribution in [2.75, 3.05) is 37.4 Å². The molecule has 39 nitrogen and oxygen atoms in total. The van der Waals surface area contributed by atoms with Crippen LogP contribution in [0, 0.1) is 5.92 Å². The quantitative estimate of drug-likeness (QED) is 0.0409. The maximum atomic E-state index is 16.2. The Labute approximate surface area is 717 Å². The fraction of sp³-hybridized carbons (Fsp3) is 0.410. The number of fused-ring (bicyclic) bond motifs is 15. The van der Waals surface area contributed by atoms with Gasteiger partial charge in [0.2, 0.25) is 53.4 Å². The van der Waals surface area contributed by atoms with Gasteiger partial charge in [-0.2, -0.15) is 4.98 Å². The molecule has 6 aromatic carbocycles. The van der Waals surface area contributed by atoms with Crippen molar-refractivity contribution in [1.29, 1.82) is 0 Å². The molecule has 0 spiro atoms. The number of rotatable bonds is 23. The smallest absolute Gasteiger partial charge is 0.349 e. The van der Waals surface area contributed by atoms with Gasteiger partial charge in [0.05, 0.1) is 41.3 Å². The lowest BCUT2D eigenvalue weighted by Gasteiger charge is -2.48. The number of hydrogen-bond acceptors (Lipinski definition) is 29. The normalized spacial score (nSPS) is 26.0. The minimum absolute atomic E-state index is 0.0249. The summed E-state index contributed by atoms with van der Waals surface area (Å²) in [4.78, 5) is 149. The second kappa shape index (κ2) is 38.9. The number of ether oxygens (including phenoxy) is 6. The van der Waals surface area contributed by atoms with Gasteiger partial charge in [0.1, 0.15) is 95.3 Å². The van der Waals surface area contributed by atoms with E-state index in [1.807, 2.05) is 13.8 Å². The van der Waals surface area contributed by atoms with Gasteiger partial charge in [-0.05, 0) is 147 Å². The van der Waals surface area contributed by atoms with Gasteiger partial charge in [0, 0.05) is 71.8 Å². The Morgan fingerprint density at radius 3 is 1.98 bits per heavy atom. The maximum Gasteiger partial charge on any atom is 0.349 e. The van der Waals surface area contributed by atoms with Crippen LogP contribution in [0.4, 0.5) is 11.5 Å². The molecule has 22 N–H and O–H groups in total. The molecular weight excluding hydrogens is 1670 g/mol. The average molecular weight is 1760 g/mol. The van der Waals surface area contributed by atoms with Gasteiger partial charge in [0.25, 0.3) is 5.91 Å². The molecule has 0 saturated carbocycles.